The van der Waals surface area contributed by atoms with Crippen LogP contribution in [0.5, 0.6) is 5.75 Å². The molecule has 1 saturated heterocycles. The van der Waals surface area contributed by atoms with Crippen LogP contribution in [0.1, 0.15) is 30.4 Å². The Labute approximate surface area is 182 Å². The average molecular weight is 458 g/mol. The van der Waals surface area contributed by atoms with Crippen molar-refractivity contribution >= 4 is 33.2 Å². The summed E-state index contributed by atoms with van der Waals surface area (Å²) in [4.78, 5) is 0.204. The number of ether oxygens (including phenoxy) is 1. The van der Waals surface area contributed by atoms with E-state index in [9.17, 15) is 13.5 Å². The van der Waals surface area contributed by atoms with Crippen molar-refractivity contribution in [2.24, 2.45) is 0 Å². The Morgan fingerprint density at radius 1 is 1.07 bits per heavy atom. The van der Waals surface area contributed by atoms with Gasteiger partial charge in [0.1, 0.15) is 12.4 Å². The van der Waals surface area contributed by atoms with Gasteiger partial charge in [-0.25, -0.2) is 8.42 Å². The molecule has 0 radical (unpaired) electrons. The summed E-state index contributed by atoms with van der Waals surface area (Å²) in [6, 6.07) is 9.81. The lowest BCUT2D eigenvalue weighted by molar-refractivity contribution is -0.0156. The van der Waals surface area contributed by atoms with Gasteiger partial charge in [0.25, 0.3) is 0 Å². The van der Waals surface area contributed by atoms with Crippen LogP contribution in [0.2, 0.25) is 10.0 Å². The molecule has 0 aliphatic carbocycles. The summed E-state index contributed by atoms with van der Waals surface area (Å²) in [5.41, 5.74) is 0.732. The fraction of sp³-hybridized carbons (Fsp3) is 0.429. The lowest BCUT2D eigenvalue weighted by Crippen LogP contribution is -2.38. The van der Waals surface area contributed by atoms with Crippen molar-refractivity contribution < 1.29 is 18.3 Å². The monoisotopic (exact) mass is 457 g/mol. The molecule has 2 aromatic carbocycles. The van der Waals surface area contributed by atoms with Crippen LogP contribution in [-0.4, -0.2) is 43.1 Å². The lowest BCUT2D eigenvalue weighted by atomic mass is 9.96. The number of hydrogen-bond acceptors (Lipinski definition) is 4. The molecule has 8 heteroatoms. The molecule has 1 heterocycles. The standard InChI is InChI=1S/C21H25Cl2NO4S/c1-15-12-18(13-16(2)20(15)23)28-14-21(25)8-3-10-24(11-9-21)29(26,27)19-6-4-17(22)5-7-19/h4-7,12-13,25H,3,8-11,14H2,1-2H3. The van der Waals surface area contributed by atoms with Crippen LogP contribution < -0.4 is 4.74 Å². The minimum absolute atomic E-state index is 0.0995. The van der Waals surface area contributed by atoms with Crippen LogP contribution in [0.4, 0.5) is 0 Å². The van der Waals surface area contributed by atoms with Gasteiger partial charge in [-0.1, -0.05) is 23.2 Å². The van der Waals surface area contributed by atoms with Gasteiger partial charge in [-0.3, -0.25) is 0 Å². The van der Waals surface area contributed by atoms with Crippen LogP contribution >= 0.6 is 23.2 Å². The van der Waals surface area contributed by atoms with Crippen molar-refractivity contribution in [1.29, 1.82) is 0 Å². The molecule has 158 valence electrons. The predicted octanol–water partition coefficient (Wildman–Crippen LogP) is 4.59. The Kier molecular flexibility index (Phi) is 6.81. The van der Waals surface area contributed by atoms with Gasteiger partial charge >= 0.3 is 0 Å². The summed E-state index contributed by atoms with van der Waals surface area (Å²) in [5.74, 6) is 0.646. The molecule has 29 heavy (non-hydrogen) atoms. The molecule has 1 fully saturated rings. The van der Waals surface area contributed by atoms with Crippen LogP contribution in [0, 0.1) is 13.8 Å². The summed E-state index contributed by atoms with van der Waals surface area (Å²) >= 11 is 12.1. The maximum absolute atomic E-state index is 12.9. The zero-order valence-electron chi connectivity index (χ0n) is 16.5. The van der Waals surface area contributed by atoms with Crippen LogP contribution in [0.3, 0.4) is 0 Å². The minimum atomic E-state index is -3.63. The molecule has 1 unspecified atom stereocenters. The predicted molar refractivity (Wildman–Crippen MR) is 115 cm³/mol. The zero-order chi connectivity index (χ0) is 21.2. The van der Waals surface area contributed by atoms with E-state index in [-0.39, 0.29) is 18.0 Å². The molecule has 3 rings (SSSR count). The highest BCUT2D eigenvalue weighted by atomic mass is 35.5. The van der Waals surface area contributed by atoms with Crippen LogP contribution in [0.25, 0.3) is 0 Å². The smallest absolute Gasteiger partial charge is 0.243 e. The van der Waals surface area contributed by atoms with Crippen LogP contribution in [-0.2, 0) is 10.0 Å². The molecule has 0 amide bonds. The average Bonchev–Trinajstić information content (AvgIpc) is 2.87. The normalized spacial score (nSPS) is 21.0. The third-order valence-corrected chi connectivity index (χ3v) is 8.01. The quantitative estimate of drug-likeness (QED) is 0.712. The molecule has 1 aliphatic rings. The molecular weight excluding hydrogens is 433 g/mol. The third-order valence-electron chi connectivity index (χ3n) is 5.25. The molecule has 0 spiro atoms. The van der Waals surface area contributed by atoms with E-state index in [0.29, 0.717) is 41.6 Å². The number of benzene rings is 2. The van der Waals surface area contributed by atoms with Gasteiger partial charge in [0.2, 0.25) is 10.0 Å². The lowest BCUT2D eigenvalue weighted by Gasteiger charge is -2.27. The van der Waals surface area contributed by atoms with E-state index in [1.165, 1.54) is 16.4 Å². The van der Waals surface area contributed by atoms with Crippen molar-refractivity contribution in [2.45, 2.75) is 43.6 Å². The van der Waals surface area contributed by atoms with E-state index in [1.807, 2.05) is 26.0 Å². The Balaban J connectivity index is 1.67. The van der Waals surface area contributed by atoms with Crippen molar-refractivity contribution in [2.75, 3.05) is 19.7 Å². The first-order valence-corrected chi connectivity index (χ1v) is 11.7. The fourth-order valence-electron chi connectivity index (χ4n) is 3.50. The van der Waals surface area contributed by atoms with Crippen LogP contribution in [0.15, 0.2) is 41.3 Å². The highest BCUT2D eigenvalue weighted by Gasteiger charge is 2.35. The van der Waals surface area contributed by atoms with E-state index in [2.05, 4.69) is 0 Å². The second-order valence-electron chi connectivity index (χ2n) is 7.60. The molecule has 2 aromatic rings. The molecular formula is C21H25Cl2NO4S. The molecule has 0 saturated carbocycles. The number of sulfonamides is 1. The molecule has 0 aromatic heterocycles. The summed E-state index contributed by atoms with van der Waals surface area (Å²) in [5, 5.41) is 12.2. The van der Waals surface area contributed by atoms with E-state index in [1.54, 1.807) is 12.1 Å². The van der Waals surface area contributed by atoms with Crippen molar-refractivity contribution in [3.05, 3.63) is 57.6 Å². The van der Waals surface area contributed by atoms with E-state index in [0.717, 1.165) is 11.1 Å². The maximum Gasteiger partial charge on any atom is 0.243 e. The largest absolute Gasteiger partial charge is 0.491 e. The first kappa shape index (κ1) is 22.4. The van der Waals surface area contributed by atoms with Crippen molar-refractivity contribution in [3.8, 4) is 5.75 Å². The van der Waals surface area contributed by atoms with Gasteiger partial charge in [-0.05, 0) is 80.6 Å². The Hall–Kier alpha value is -1.31. The van der Waals surface area contributed by atoms with Gasteiger partial charge in [0.15, 0.2) is 0 Å². The number of nitrogens with zero attached hydrogens (tertiary/aromatic N) is 1. The van der Waals surface area contributed by atoms with E-state index < -0.39 is 15.6 Å². The topological polar surface area (TPSA) is 66.8 Å². The first-order chi connectivity index (χ1) is 13.6. The number of rotatable bonds is 5. The van der Waals surface area contributed by atoms with Crippen molar-refractivity contribution in [1.82, 2.24) is 4.31 Å². The number of halogens is 2. The molecule has 0 bridgehead atoms. The first-order valence-electron chi connectivity index (χ1n) is 9.48. The van der Waals surface area contributed by atoms with Gasteiger partial charge in [0.05, 0.1) is 10.5 Å². The maximum atomic E-state index is 12.9. The zero-order valence-corrected chi connectivity index (χ0v) is 18.8. The highest BCUT2D eigenvalue weighted by Crippen LogP contribution is 2.30. The second kappa shape index (κ2) is 8.82. The summed E-state index contributed by atoms with van der Waals surface area (Å²) < 4.78 is 33.1. The summed E-state index contributed by atoms with van der Waals surface area (Å²) in [6.07, 6.45) is 1.31. The SMILES string of the molecule is Cc1cc(OCC2(O)CCCN(S(=O)(=O)c3ccc(Cl)cc3)CC2)cc(C)c1Cl. The molecule has 1 atom stereocenters. The van der Waals surface area contributed by atoms with Gasteiger partial charge in [-0.15, -0.1) is 0 Å². The van der Waals surface area contributed by atoms with Gasteiger partial charge < -0.3 is 9.84 Å². The third kappa shape index (κ3) is 5.25. The molecule has 1 aliphatic heterocycles. The van der Waals surface area contributed by atoms with E-state index >= 15 is 0 Å². The summed E-state index contributed by atoms with van der Waals surface area (Å²) in [6.45, 7) is 4.49. The summed E-state index contributed by atoms with van der Waals surface area (Å²) in [7, 11) is -3.63. The van der Waals surface area contributed by atoms with E-state index in [4.69, 9.17) is 27.9 Å². The molecule has 1 N–H and O–H groups in total. The number of aliphatic hydroxyl groups is 1. The van der Waals surface area contributed by atoms with Gasteiger partial charge in [0, 0.05) is 23.1 Å². The number of aryl methyl sites for hydroxylation is 2. The highest BCUT2D eigenvalue weighted by molar-refractivity contribution is 7.89. The Morgan fingerprint density at radius 3 is 2.31 bits per heavy atom. The Bertz CT molecular complexity index is 956. The van der Waals surface area contributed by atoms with Gasteiger partial charge in [-0.2, -0.15) is 4.31 Å². The molecule has 5 nitrogen and oxygen atoms in total. The number of hydrogen-bond donors (Lipinski definition) is 1. The fourth-order valence-corrected chi connectivity index (χ4v) is 5.22. The Morgan fingerprint density at radius 2 is 1.69 bits per heavy atom. The van der Waals surface area contributed by atoms with Crippen molar-refractivity contribution in [3.63, 3.8) is 0 Å². The minimum Gasteiger partial charge on any atom is -0.491 e. The second-order valence-corrected chi connectivity index (χ2v) is 10.3.